The first-order valence-corrected chi connectivity index (χ1v) is 11.2. The number of fused-ring (bicyclic) bond motifs is 5. The molecule has 1 atom stereocenters. The van der Waals surface area contributed by atoms with Gasteiger partial charge in [-0.2, -0.15) is 0 Å². The summed E-state index contributed by atoms with van der Waals surface area (Å²) < 4.78 is 6.59. The number of rotatable bonds is 4. The number of pyridine rings is 2. The van der Waals surface area contributed by atoms with Gasteiger partial charge in [0, 0.05) is 34.7 Å². The number of anilines is 1. The van der Waals surface area contributed by atoms with Gasteiger partial charge in [0.15, 0.2) is 5.60 Å². The quantitative estimate of drug-likeness (QED) is 0.186. The van der Waals surface area contributed by atoms with Crippen LogP contribution in [0.1, 0.15) is 42.5 Å². The number of nitrogens with two attached hydrogens (primary N) is 1. The first-order valence-electron chi connectivity index (χ1n) is 11.2. The van der Waals surface area contributed by atoms with Crippen LogP contribution in [0.2, 0.25) is 0 Å². The Morgan fingerprint density at radius 1 is 1.31 bits per heavy atom. The Hall–Kier alpha value is -4.51. The number of amides is 1. The van der Waals surface area contributed by atoms with Crippen molar-refractivity contribution in [3.8, 4) is 11.4 Å². The van der Waals surface area contributed by atoms with Gasteiger partial charge in [0.1, 0.15) is 12.3 Å². The van der Waals surface area contributed by atoms with Crippen LogP contribution < -0.4 is 16.6 Å². The zero-order chi connectivity index (χ0) is 25.9. The highest BCUT2D eigenvalue weighted by Gasteiger charge is 2.45. The highest BCUT2D eigenvalue weighted by Crippen LogP contribution is 2.39. The molecule has 4 heterocycles. The van der Waals surface area contributed by atoms with Crippen molar-refractivity contribution in [3.05, 3.63) is 62.6 Å². The van der Waals surface area contributed by atoms with Crippen LogP contribution in [0.3, 0.4) is 0 Å². The number of aliphatic carboxylic acids is 1. The number of nitrogen functional groups attached to an aromatic ring is 1. The van der Waals surface area contributed by atoms with Gasteiger partial charge >= 0.3 is 11.9 Å². The first-order chi connectivity index (χ1) is 17.0. The van der Waals surface area contributed by atoms with Crippen molar-refractivity contribution in [3.63, 3.8) is 0 Å². The summed E-state index contributed by atoms with van der Waals surface area (Å²) in [6.45, 7) is 2.78. The number of esters is 1. The molecule has 2 aliphatic rings. The maximum Gasteiger partial charge on any atom is 0.352 e. The summed E-state index contributed by atoms with van der Waals surface area (Å²) in [5.74, 6) is -2.68. The van der Waals surface area contributed by atoms with Crippen molar-refractivity contribution in [2.24, 2.45) is 0 Å². The molecule has 1 amide bonds. The summed E-state index contributed by atoms with van der Waals surface area (Å²) in [4.78, 5) is 53.5. The topological polar surface area (TPSA) is 174 Å². The second-order valence-corrected chi connectivity index (χ2v) is 8.78. The number of nitrogens with zero attached hydrogens (tertiary/aromatic N) is 2. The number of benzene rings is 1. The lowest BCUT2D eigenvalue weighted by atomic mass is 9.86. The van der Waals surface area contributed by atoms with E-state index in [0.717, 1.165) is 0 Å². The minimum absolute atomic E-state index is 0.0366. The maximum atomic E-state index is 13.3. The summed E-state index contributed by atoms with van der Waals surface area (Å²) in [7, 11) is 0. The van der Waals surface area contributed by atoms with Crippen molar-refractivity contribution in [1.29, 1.82) is 0 Å². The van der Waals surface area contributed by atoms with Crippen LogP contribution in [0.4, 0.5) is 5.69 Å². The largest absolute Gasteiger partial charge is 0.477 e. The van der Waals surface area contributed by atoms with E-state index in [9.17, 15) is 29.4 Å². The molecule has 2 aromatic heterocycles. The average molecular weight is 490 g/mol. The third kappa shape index (κ3) is 3.35. The molecule has 0 saturated carbocycles. The van der Waals surface area contributed by atoms with Gasteiger partial charge in [0.05, 0.1) is 29.0 Å². The Balaban J connectivity index is 1.72. The van der Waals surface area contributed by atoms with Gasteiger partial charge in [-0.3, -0.25) is 9.59 Å². The molecule has 0 spiro atoms. The molecule has 36 heavy (non-hydrogen) atoms. The van der Waals surface area contributed by atoms with E-state index in [4.69, 9.17) is 15.5 Å². The summed E-state index contributed by atoms with van der Waals surface area (Å²) in [5, 5.41) is 23.3. The fourth-order valence-corrected chi connectivity index (χ4v) is 4.74. The van der Waals surface area contributed by atoms with E-state index in [1.165, 1.54) is 17.6 Å². The second-order valence-electron chi connectivity index (χ2n) is 8.78. The molecule has 1 aromatic carbocycles. The number of ether oxygens (including phenoxy) is 1. The van der Waals surface area contributed by atoms with E-state index in [1.807, 2.05) is 0 Å². The van der Waals surface area contributed by atoms with Crippen LogP contribution in [0.25, 0.3) is 28.4 Å². The summed E-state index contributed by atoms with van der Waals surface area (Å²) in [6, 6.07) is 6.62. The van der Waals surface area contributed by atoms with Gasteiger partial charge in [-0.05, 0) is 36.8 Å². The van der Waals surface area contributed by atoms with E-state index in [2.05, 4.69) is 5.32 Å². The lowest BCUT2D eigenvalue weighted by Crippen LogP contribution is -2.44. The Morgan fingerprint density at radius 3 is 2.72 bits per heavy atom. The Kier molecular flexibility index (Phi) is 5.18. The maximum absolute atomic E-state index is 13.3. The fourth-order valence-electron chi connectivity index (χ4n) is 4.74. The van der Waals surface area contributed by atoms with Crippen molar-refractivity contribution in [2.75, 3.05) is 5.73 Å². The van der Waals surface area contributed by atoms with Crippen LogP contribution in [-0.4, -0.2) is 37.6 Å². The molecule has 11 heteroatoms. The highest BCUT2D eigenvalue weighted by molar-refractivity contribution is 6.02. The highest BCUT2D eigenvalue weighted by atomic mass is 16.6. The van der Waals surface area contributed by atoms with E-state index in [-0.39, 0.29) is 47.6 Å². The van der Waals surface area contributed by atoms with Crippen LogP contribution in [-0.2, 0) is 37.9 Å². The van der Waals surface area contributed by atoms with E-state index >= 15 is 0 Å². The van der Waals surface area contributed by atoms with Crippen molar-refractivity contribution in [1.82, 2.24) is 14.9 Å². The molecule has 3 aromatic rings. The third-order valence-electron chi connectivity index (χ3n) is 6.60. The number of aliphatic hydroxyl groups is 1. The number of carboxylic acid groups (broad SMARTS) is 1. The number of hydrogen-bond donors (Lipinski definition) is 4. The lowest BCUT2D eigenvalue weighted by Gasteiger charge is -2.31. The van der Waals surface area contributed by atoms with E-state index < -0.39 is 23.4 Å². The number of carbonyl (C=O) groups excluding carboxylic acids is 2. The second kappa shape index (κ2) is 8.02. The number of carbonyl (C=O) groups is 3. The zero-order valence-corrected chi connectivity index (χ0v) is 19.4. The van der Waals surface area contributed by atoms with Crippen LogP contribution in [0.5, 0.6) is 0 Å². The van der Waals surface area contributed by atoms with E-state index in [1.54, 1.807) is 31.2 Å². The normalized spacial score (nSPS) is 18.3. The third-order valence-corrected chi connectivity index (χ3v) is 6.60. The van der Waals surface area contributed by atoms with E-state index in [0.29, 0.717) is 33.4 Å². The molecule has 0 saturated heterocycles. The Bertz CT molecular complexity index is 1600. The molecule has 0 unspecified atom stereocenters. The van der Waals surface area contributed by atoms with Gasteiger partial charge < -0.3 is 30.6 Å². The molecule has 5 N–H and O–H groups in total. The molecule has 184 valence electrons. The van der Waals surface area contributed by atoms with Crippen molar-refractivity contribution < 1.29 is 29.3 Å². The predicted molar refractivity (Wildman–Crippen MR) is 128 cm³/mol. The van der Waals surface area contributed by atoms with Crippen LogP contribution in [0.15, 0.2) is 34.8 Å². The predicted octanol–water partition coefficient (Wildman–Crippen LogP) is 1.22. The molecular formula is C25H22N4O7. The van der Waals surface area contributed by atoms with Gasteiger partial charge in [0.25, 0.3) is 5.56 Å². The average Bonchev–Trinajstić information content (AvgIpc) is 3.19. The lowest BCUT2D eigenvalue weighted by molar-refractivity contribution is -0.172. The SMILES string of the molecule is CC[C@@]1(O)C(=O)OCc2c1cc1n(c2=O)Cc2cc3c(/C=C(\NC(C)=O)C(=O)O)c(N)ccc3nc2-1. The van der Waals surface area contributed by atoms with Gasteiger partial charge in [-0.15, -0.1) is 0 Å². The monoisotopic (exact) mass is 490 g/mol. The minimum atomic E-state index is -1.93. The summed E-state index contributed by atoms with van der Waals surface area (Å²) in [6.07, 6.45) is 1.31. The minimum Gasteiger partial charge on any atom is -0.477 e. The summed E-state index contributed by atoms with van der Waals surface area (Å²) in [5.41, 5.74) is 6.67. The van der Waals surface area contributed by atoms with Crippen LogP contribution in [0, 0.1) is 0 Å². The van der Waals surface area contributed by atoms with Crippen molar-refractivity contribution >= 4 is 40.5 Å². The summed E-state index contributed by atoms with van der Waals surface area (Å²) >= 11 is 0. The smallest absolute Gasteiger partial charge is 0.352 e. The fraction of sp³-hybridized carbons (Fsp3) is 0.240. The molecule has 0 radical (unpaired) electrons. The molecule has 0 aliphatic carbocycles. The van der Waals surface area contributed by atoms with Crippen molar-refractivity contribution in [2.45, 2.75) is 39.0 Å². The number of carboxylic acids is 1. The number of nitrogens with one attached hydrogen (secondary N) is 1. The standard InChI is InChI=1S/C25H22N4O7/c1-3-25(35)16-8-20-21-12(9-29(20)22(31)15(16)10-36-24(25)34)6-14-13(17(26)4-5-18(14)28-21)7-19(23(32)33)27-11(2)30/h4-8,35H,3,9-10,26H2,1-2H3,(H,27,30)(H,32,33)/b19-7-/t25-/m0/s1. The molecule has 0 bridgehead atoms. The number of cyclic esters (lactones) is 1. The van der Waals surface area contributed by atoms with Gasteiger partial charge in [-0.1, -0.05) is 6.92 Å². The Labute approximate surface area is 203 Å². The molecular weight excluding hydrogens is 468 g/mol. The van der Waals surface area contributed by atoms with Gasteiger partial charge in [-0.25, -0.2) is 14.6 Å². The molecule has 0 fully saturated rings. The first kappa shape index (κ1) is 23.2. The molecule has 5 rings (SSSR count). The Morgan fingerprint density at radius 2 is 2.06 bits per heavy atom. The number of hydrogen-bond acceptors (Lipinski definition) is 8. The number of aromatic nitrogens is 2. The zero-order valence-electron chi connectivity index (χ0n) is 19.4. The van der Waals surface area contributed by atoms with Gasteiger partial charge in [0.2, 0.25) is 5.91 Å². The van der Waals surface area contributed by atoms with Crippen LogP contribution >= 0.6 is 0 Å². The molecule has 2 aliphatic heterocycles. The molecule has 11 nitrogen and oxygen atoms in total.